The summed E-state index contributed by atoms with van der Waals surface area (Å²) in [6, 6.07) is 4.42. The third kappa shape index (κ3) is 3.70. The van der Waals surface area contributed by atoms with Crippen molar-refractivity contribution < 1.29 is 14.3 Å². The van der Waals surface area contributed by atoms with Crippen molar-refractivity contribution in [3.05, 3.63) is 17.7 Å². The fourth-order valence-corrected chi connectivity index (χ4v) is 6.66. The van der Waals surface area contributed by atoms with E-state index in [1.54, 1.807) is 14.2 Å². The van der Waals surface area contributed by atoms with Crippen molar-refractivity contribution in [1.82, 2.24) is 15.5 Å². The van der Waals surface area contributed by atoms with Gasteiger partial charge < -0.3 is 29.9 Å². The Balaban J connectivity index is 1.42. The first kappa shape index (κ1) is 22.0. The van der Waals surface area contributed by atoms with Crippen LogP contribution >= 0.6 is 0 Å². The second kappa shape index (κ2) is 8.95. The van der Waals surface area contributed by atoms with Gasteiger partial charge in [0.15, 0.2) is 17.8 Å². The first-order valence-electron chi connectivity index (χ1n) is 13.1. The molecule has 2 aliphatic carbocycles. The van der Waals surface area contributed by atoms with Gasteiger partial charge in [-0.15, -0.1) is 0 Å². The van der Waals surface area contributed by atoms with Gasteiger partial charge in [0.1, 0.15) is 5.84 Å². The number of aliphatic imine (C=N–C) groups is 1. The number of amidine groups is 1. The van der Waals surface area contributed by atoms with Crippen LogP contribution < -0.4 is 25.0 Å². The average Bonchev–Trinajstić information content (AvgIpc) is 3.50. The highest BCUT2D eigenvalue weighted by Gasteiger charge is 2.47. The van der Waals surface area contributed by atoms with E-state index in [-0.39, 0.29) is 18.1 Å². The van der Waals surface area contributed by atoms with Crippen LogP contribution in [0, 0.1) is 17.8 Å². The zero-order valence-corrected chi connectivity index (χ0v) is 20.4. The van der Waals surface area contributed by atoms with Crippen molar-refractivity contribution in [2.45, 2.75) is 57.3 Å². The summed E-state index contributed by atoms with van der Waals surface area (Å²) >= 11 is 0. The molecule has 0 aromatic heterocycles. The lowest BCUT2D eigenvalue weighted by Crippen LogP contribution is -2.66. The molecule has 3 heterocycles. The molecular weight excluding hydrogens is 430 g/mol. The summed E-state index contributed by atoms with van der Waals surface area (Å²) in [5.41, 5.74) is 2.10. The Morgan fingerprint density at radius 1 is 1.12 bits per heavy atom. The molecule has 0 bridgehead atoms. The maximum absolute atomic E-state index is 13.5. The molecular formula is C26H37N5O3. The maximum atomic E-state index is 13.5. The van der Waals surface area contributed by atoms with Crippen molar-refractivity contribution in [3.63, 3.8) is 0 Å². The number of anilines is 1. The lowest BCUT2D eigenvalue weighted by Gasteiger charge is -2.49. The van der Waals surface area contributed by atoms with Gasteiger partial charge in [-0.3, -0.25) is 9.79 Å². The Morgan fingerprint density at radius 2 is 1.94 bits per heavy atom. The average molecular weight is 468 g/mol. The zero-order chi connectivity index (χ0) is 23.2. The summed E-state index contributed by atoms with van der Waals surface area (Å²) in [6.07, 6.45) is 7.93. The standard InChI is InChI=1S/C26H37N5O3/c1-33-21-10-9-20-22(23(21)34-2)31(19-7-5-16-14-17(16)6-8-19)26(30-13-12-28-24(20)30)29-25(32)18-4-3-11-27-15-18/h9-10,16-19,26-27H,3-8,11-15H2,1-2H3,(H,29,32). The molecule has 6 rings (SSSR count). The van der Waals surface area contributed by atoms with Crippen LogP contribution in [0.3, 0.4) is 0 Å². The van der Waals surface area contributed by atoms with Gasteiger partial charge in [-0.2, -0.15) is 0 Å². The molecule has 34 heavy (non-hydrogen) atoms. The fraction of sp³-hybridized carbons (Fsp3) is 0.692. The highest BCUT2D eigenvalue weighted by molar-refractivity contribution is 6.08. The number of nitrogens with zero attached hydrogens (tertiary/aromatic N) is 3. The van der Waals surface area contributed by atoms with E-state index in [9.17, 15) is 4.79 Å². The van der Waals surface area contributed by atoms with Gasteiger partial charge in [-0.1, -0.05) is 0 Å². The van der Waals surface area contributed by atoms with E-state index >= 15 is 0 Å². The minimum Gasteiger partial charge on any atom is -0.493 e. The van der Waals surface area contributed by atoms with E-state index in [4.69, 9.17) is 14.5 Å². The Hall–Kier alpha value is -2.48. The van der Waals surface area contributed by atoms with Crippen LogP contribution in [0.25, 0.3) is 0 Å². The first-order valence-corrected chi connectivity index (χ1v) is 13.1. The normalized spacial score (nSPS) is 32.1. The molecule has 2 saturated carbocycles. The molecule has 0 radical (unpaired) electrons. The van der Waals surface area contributed by atoms with E-state index in [2.05, 4.69) is 26.5 Å². The summed E-state index contributed by atoms with van der Waals surface area (Å²) < 4.78 is 11.7. The number of benzene rings is 1. The SMILES string of the molecule is COc1ccc2c(c1OC)N(C1CCC3CC3CC1)C(NC(=O)C1CCCNC1)N1CCN=C21. The number of carbonyl (C=O) groups excluding carboxylic acids is 1. The predicted octanol–water partition coefficient (Wildman–Crippen LogP) is 2.56. The molecule has 8 heteroatoms. The number of rotatable bonds is 5. The highest BCUT2D eigenvalue weighted by atomic mass is 16.5. The summed E-state index contributed by atoms with van der Waals surface area (Å²) in [7, 11) is 3.40. The lowest BCUT2D eigenvalue weighted by atomic mass is 9.97. The quantitative estimate of drug-likeness (QED) is 0.693. The fourth-order valence-electron chi connectivity index (χ4n) is 6.66. The third-order valence-corrected chi connectivity index (χ3v) is 8.59. The second-order valence-electron chi connectivity index (χ2n) is 10.5. The zero-order valence-electron chi connectivity index (χ0n) is 20.4. The second-order valence-corrected chi connectivity index (χ2v) is 10.5. The molecule has 1 saturated heterocycles. The molecule has 0 spiro atoms. The molecule has 8 nitrogen and oxygen atoms in total. The number of piperidine rings is 1. The van der Waals surface area contributed by atoms with Crippen LogP contribution in [-0.4, -0.2) is 69.4 Å². The number of hydrogen-bond acceptors (Lipinski definition) is 7. The Labute approximate surface area is 202 Å². The van der Waals surface area contributed by atoms with E-state index in [0.29, 0.717) is 6.04 Å². The van der Waals surface area contributed by atoms with Gasteiger partial charge in [-0.25, -0.2) is 0 Å². The topological polar surface area (TPSA) is 78.4 Å². The van der Waals surface area contributed by atoms with Crippen LogP contribution in [0.2, 0.25) is 0 Å². The van der Waals surface area contributed by atoms with Crippen LogP contribution in [0.4, 0.5) is 5.69 Å². The minimum atomic E-state index is -0.261. The molecule has 4 atom stereocenters. The summed E-state index contributed by atoms with van der Waals surface area (Å²) in [4.78, 5) is 23.1. The Morgan fingerprint density at radius 3 is 2.65 bits per heavy atom. The Bertz CT molecular complexity index is 963. The van der Waals surface area contributed by atoms with Crippen LogP contribution in [0.15, 0.2) is 17.1 Å². The van der Waals surface area contributed by atoms with Crippen LogP contribution in [0.1, 0.15) is 50.5 Å². The Kier molecular flexibility index (Phi) is 5.79. The number of nitrogens with one attached hydrogen (secondary N) is 2. The number of ether oxygens (including phenoxy) is 2. The van der Waals surface area contributed by atoms with E-state index < -0.39 is 0 Å². The van der Waals surface area contributed by atoms with Crippen molar-refractivity contribution in [3.8, 4) is 11.5 Å². The van der Waals surface area contributed by atoms with Crippen molar-refractivity contribution in [1.29, 1.82) is 0 Å². The van der Waals surface area contributed by atoms with Gasteiger partial charge in [0.25, 0.3) is 0 Å². The molecule has 2 N–H and O–H groups in total. The molecule has 4 unspecified atom stereocenters. The van der Waals surface area contributed by atoms with Gasteiger partial charge in [0.2, 0.25) is 5.91 Å². The third-order valence-electron chi connectivity index (χ3n) is 8.59. The predicted molar refractivity (Wildman–Crippen MR) is 132 cm³/mol. The van der Waals surface area contributed by atoms with Gasteiger partial charge in [0, 0.05) is 24.7 Å². The van der Waals surface area contributed by atoms with Gasteiger partial charge >= 0.3 is 0 Å². The van der Waals surface area contributed by atoms with E-state index in [0.717, 1.165) is 92.3 Å². The van der Waals surface area contributed by atoms with E-state index in [1.165, 1.54) is 19.3 Å². The highest BCUT2D eigenvalue weighted by Crippen LogP contribution is 2.52. The van der Waals surface area contributed by atoms with Crippen molar-refractivity contribution in [2.75, 3.05) is 45.3 Å². The number of methoxy groups -OCH3 is 2. The largest absolute Gasteiger partial charge is 0.493 e. The summed E-state index contributed by atoms with van der Waals surface area (Å²) in [5.74, 6) is 4.34. The molecule has 5 aliphatic rings. The monoisotopic (exact) mass is 467 g/mol. The number of hydrogen-bond donors (Lipinski definition) is 2. The minimum absolute atomic E-state index is 0.00831. The van der Waals surface area contributed by atoms with Gasteiger partial charge in [0.05, 0.1) is 32.4 Å². The molecule has 1 aromatic carbocycles. The summed E-state index contributed by atoms with van der Waals surface area (Å²) in [5, 5.41) is 6.87. The number of amides is 1. The first-order chi connectivity index (χ1) is 16.7. The molecule has 1 aromatic rings. The van der Waals surface area contributed by atoms with Crippen molar-refractivity contribution in [2.24, 2.45) is 22.7 Å². The molecule has 3 fully saturated rings. The molecule has 3 aliphatic heterocycles. The lowest BCUT2D eigenvalue weighted by molar-refractivity contribution is -0.127. The van der Waals surface area contributed by atoms with Crippen LogP contribution in [0.5, 0.6) is 11.5 Å². The number of fused-ring (bicyclic) bond motifs is 4. The number of carbonyl (C=O) groups is 1. The maximum Gasteiger partial charge on any atom is 0.227 e. The van der Waals surface area contributed by atoms with E-state index in [1.807, 2.05) is 6.07 Å². The van der Waals surface area contributed by atoms with Gasteiger partial charge in [-0.05, 0) is 75.5 Å². The van der Waals surface area contributed by atoms with Crippen LogP contribution in [-0.2, 0) is 4.79 Å². The summed E-state index contributed by atoms with van der Waals surface area (Å²) in [6.45, 7) is 3.30. The molecule has 184 valence electrons. The smallest absolute Gasteiger partial charge is 0.227 e. The molecule has 1 amide bonds. The van der Waals surface area contributed by atoms with Crippen molar-refractivity contribution >= 4 is 17.4 Å².